The van der Waals surface area contributed by atoms with Crippen molar-refractivity contribution in [3.8, 4) is 0 Å². The molecule has 0 saturated heterocycles. The number of likely N-dealkylation sites (N-methyl/N-ethyl adjacent to an activating group) is 1. The molecule has 0 aliphatic rings. The molecule has 9 nitrogen and oxygen atoms in total. The quantitative estimate of drug-likeness (QED) is 0.0214. The summed E-state index contributed by atoms with van der Waals surface area (Å²) >= 11 is 0. The SMILES string of the molecule is CCCCCCCCCC/C=C\CCCCCCCCCCCCCC(=O)OC(COC(=O)CCCCCCCCCC)COP(=O)(O)OCC[N+](C)(C)C. The average Bonchev–Trinajstić information content (AvgIpc) is 3.13. The van der Waals surface area contributed by atoms with Crippen molar-refractivity contribution in [1.29, 1.82) is 0 Å². The Morgan fingerprint density at radius 2 is 0.927 bits per heavy atom. The zero-order valence-corrected chi connectivity index (χ0v) is 37.6. The number of phosphoric acid groups is 1. The third-order valence-electron chi connectivity index (χ3n) is 10.0. The minimum atomic E-state index is -4.36. The zero-order chi connectivity index (χ0) is 40.7. The number of hydrogen-bond donors (Lipinski definition) is 1. The highest BCUT2D eigenvalue weighted by molar-refractivity contribution is 7.47. The lowest BCUT2D eigenvalue weighted by Crippen LogP contribution is -2.37. The lowest BCUT2D eigenvalue weighted by molar-refractivity contribution is -0.870. The summed E-state index contributed by atoms with van der Waals surface area (Å²) in [4.78, 5) is 35.2. The minimum Gasteiger partial charge on any atom is -0.462 e. The lowest BCUT2D eigenvalue weighted by Gasteiger charge is -2.24. The van der Waals surface area contributed by atoms with Crippen LogP contribution in [0.15, 0.2) is 12.2 Å². The Hall–Kier alpha value is -1.25. The topological polar surface area (TPSA) is 108 Å². The molecule has 0 saturated carbocycles. The number of esters is 2. The monoisotopic (exact) mass is 803 g/mol. The molecule has 2 unspecified atom stereocenters. The van der Waals surface area contributed by atoms with Crippen LogP contribution in [0.25, 0.3) is 0 Å². The summed E-state index contributed by atoms with van der Waals surface area (Å²) in [5.74, 6) is -0.795. The van der Waals surface area contributed by atoms with Gasteiger partial charge in [0.1, 0.15) is 19.8 Å². The van der Waals surface area contributed by atoms with Gasteiger partial charge in [-0.1, -0.05) is 174 Å². The predicted molar refractivity (Wildman–Crippen MR) is 229 cm³/mol. The van der Waals surface area contributed by atoms with Crippen LogP contribution < -0.4 is 0 Å². The van der Waals surface area contributed by atoms with Gasteiger partial charge in [0.2, 0.25) is 0 Å². The van der Waals surface area contributed by atoms with Gasteiger partial charge in [0.05, 0.1) is 27.7 Å². The fraction of sp³-hybridized carbons (Fsp3) is 0.911. The lowest BCUT2D eigenvalue weighted by atomic mass is 10.0. The van der Waals surface area contributed by atoms with Crippen LogP contribution in [0.1, 0.15) is 213 Å². The van der Waals surface area contributed by atoms with E-state index >= 15 is 0 Å². The molecule has 2 atom stereocenters. The molecule has 0 rings (SSSR count). The van der Waals surface area contributed by atoms with E-state index in [1.54, 1.807) is 0 Å². The maximum atomic E-state index is 12.7. The number of unbranched alkanes of at least 4 members (excludes halogenated alkanes) is 26. The Morgan fingerprint density at radius 1 is 0.545 bits per heavy atom. The molecule has 0 fully saturated rings. The Morgan fingerprint density at radius 3 is 1.35 bits per heavy atom. The molecule has 0 aromatic carbocycles. The molecule has 1 N–H and O–H groups in total. The van der Waals surface area contributed by atoms with Gasteiger partial charge >= 0.3 is 19.8 Å². The molecule has 0 spiro atoms. The van der Waals surface area contributed by atoms with Gasteiger partial charge in [-0.15, -0.1) is 0 Å². The highest BCUT2D eigenvalue weighted by Gasteiger charge is 2.27. The summed E-state index contributed by atoms with van der Waals surface area (Å²) < 4.78 is 34.2. The number of ether oxygens (including phenoxy) is 2. The van der Waals surface area contributed by atoms with Crippen LogP contribution in [-0.2, 0) is 32.7 Å². The van der Waals surface area contributed by atoms with Gasteiger partial charge in [0, 0.05) is 12.8 Å². The molecular weight excluding hydrogens is 713 g/mol. The Kier molecular flexibility index (Phi) is 37.4. The van der Waals surface area contributed by atoms with Crippen molar-refractivity contribution < 1.29 is 42.1 Å². The number of allylic oxidation sites excluding steroid dienone is 2. The van der Waals surface area contributed by atoms with Gasteiger partial charge < -0.3 is 18.9 Å². The van der Waals surface area contributed by atoms with Gasteiger partial charge in [-0.05, 0) is 38.5 Å². The summed E-state index contributed by atoms with van der Waals surface area (Å²) in [5.41, 5.74) is 0. The molecule has 0 aliphatic carbocycles. The smallest absolute Gasteiger partial charge is 0.462 e. The van der Waals surface area contributed by atoms with Crippen LogP contribution >= 0.6 is 7.82 Å². The van der Waals surface area contributed by atoms with E-state index in [4.69, 9.17) is 18.5 Å². The first-order valence-electron chi connectivity index (χ1n) is 22.9. The van der Waals surface area contributed by atoms with E-state index in [1.165, 1.54) is 148 Å². The number of carbonyl (C=O) groups is 2. The Bertz CT molecular complexity index is 954. The van der Waals surface area contributed by atoms with Crippen LogP contribution in [0, 0.1) is 0 Å². The van der Waals surface area contributed by atoms with Gasteiger partial charge in [-0.25, -0.2) is 4.57 Å². The van der Waals surface area contributed by atoms with Crippen molar-refractivity contribution in [2.45, 2.75) is 219 Å². The van der Waals surface area contributed by atoms with Crippen molar-refractivity contribution in [2.75, 3.05) is 47.5 Å². The molecule has 0 heterocycles. The molecule has 10 heteroatoms. The first-order valence-corrected chi connectivity index (χ1v) is 24.4. The number of nitrogens with zero attached hydrogens (tertiary/aromatic N) is 1. The van der Waals surface area contributed by atoms with Crippen molar-refractivity contribution in [3.63, 3.8) is 0 Å². The second-order valence-electron chi connectivity index (χ2n) is 16.8. The van der Waals surface area contributed by atoms with Crippen molar-refractivity contribution in [3.05, 3.63) is 12.2 Å². The molecule has 0 radical (unpaired) electrons. The third kappa shape index (κ3) is 42.2. The summed E-state index contributed by atoms with van der Waals surface area (Å²) in [7, 11) is 1.48. The van der Waals surface area contributed by atoms with Crippen molar-refractivity contribution in [2.24, 2.45) is 0 Å². The van der Waals surface area contributed by atoms with E-state index in [0.29, 0.717) is 23.9 Å². The van der Waals surface area contributed by atoms with E-state index in [9.17, 15) is 19.0 Å². The summed E-state index contributed by atoms with van der Waals surface area (Å²) in [5, 5.41) is 0. The van der Waals surface area contributed by atoms with E-state index in [1.807, 2.05) is 21.1 Å². The van der Waals surface area contributed by atoms with Crippen LogP contribution in [0.4, 0.5) is 0 Å². The van der Waals surface area contributed by atoms with E-state index < -0.39 is 26.5 Å². The number of carbonyl (C=O) groups excluding carboxylic acids is 2. The third-order valence-corrected chi connectivity index (χ3v) is 11.0. The van der Waals surface area contributed by atoms with Gasteiger partial charge in [0.15, 0.2) is 6.10 Å². The molecule has 0 bridgehead atoms. The van der Waals surface area contributed by atoms with Crippen LogP contribution in [0.3, 0.4) is 0 Å². The number of phosphoric ester groups is 1. The van der Waals surface area contributed by atoms with Crippen molar-refractivity contribution >= 4 is 19.8 Å². The van der Waals surface area contributed by atoms with Gasteiger partial charge in [0.25, 0.3) is 0 Å². The number of rotatable bonds is 42. The normalized spacial score (nSPS) is 13.6. The maximum Gasteiger partial charge on any atom is 0.472 e. The largest absolute Gasteiger partial charge is 0.472 e. The predicted octanol–water partition coefficient (Wildman–Crippen LogP) is 13.0. The van der Waals surface area contributed by atoms with Crippen LogP contribution in [-0.4, -0.2) is 74.9 Å². The maximum absolute atomic E-state index is 12.7. The highest BCUT2D eigenvalue weighted by Crippen LogP contribution is 2.43. The first-order chi connectivity index (χ1) is 26.5. The number of quaternary nitrogens is 1. The fourth-order valence-corrected chi connectivity index (χ4v) is 7.16. The molecule has 0 amide bonds. The molecular formula is C45H89NO8P+. The second kappa shape index (κ2) is 38.3. The molecule has 55 heavy (non-hydrogen) atoms. The minimum absolute atomic E-state index is 0.0346. The van der Waals surface area contributed by atoms with Crippen LogP contribution in [0.2, 0.25) is 0 Å². The number of hydrogen-bond acceptors (Lipinski definition) is 7. The molecule has 0 aromatic heterocycles. The van der Waals surface area contributed by atoms with Gasteiger partial charge in [-0.3, -0.25) is 18.6 Å². The second-order valence-corrected chi connectivity index (χ2v) is 18.2. The first kappa shape index (κ1) is 53.8. The van der Waals surface area contributed by atoms with Gasteiger partial charge in [-0.2, -0.15) is 0 Å². The Labute approximate surface area is 339 Å². The average molecular weight is 803 g/mol. The summed E-state index contributed by atoms with van der Waals surface area (Å²) in [6, 6.07) is 0. The fourth-order valence-electron chi connectivity index (χ4n) is 6.42. The van der Waals surface area contributed by atoms with Crippen LogP contribution in [0.5, 0.6) is 0 Å². The van der Waals surface area contributed by atoms with Crippen molar-refractivity contribution in [1.82, 2.24) is 0 Å². The zero-order valence-electron chi connectivity index (χ0n) is 36.7. The van der Waals surface area contributed by atoms with E-state index in [-0.39, 0.29) is 25.6 Å². The summed E-state index contributed by atoms with van der Waals surface area (Å²) in [6.45, 7) is 4.41. The standard InChI is InChI=1S/C45H88NO8P/c1-6-8-10-12-14-16-17-18-19-20-21-22-23-24-25-26-27-28-29-30-32-34-36-38-45(48)54-43(42-53-55(49,50)52-40-39-46(3,4)5)41-51-44(47)37-35-33-31-15-13-11-9-7-2/h20-21,43H,6-19,22-42H2,1-5H3/p+1/b21-20-. The highest BCUT2D eigenvalue weighted by atomic mass is 31.2. The molecule has 326 valence electrons. The van der Waals surface area contributed by atoms with E-state index in [0.717, 1.165) is 32.1 Å². The van der Waals surface area contributed by atoms with E-state index in [2.05, 4.69) is 26.0 Å². The molecule has 0 aliphatic heterocycles. The molecule has 0 aromatic rings. The Balaban J connectivity index is 4.14. The summed E-state index contributed by atoms with van der Waals surface area (Å²) in [6.07, 6.45) is 39.9.